The van der Waals surface area contributed by atoms with Gasteiger partial charge in [-0.25, -0.2) is 0 Å². The number of carbonyl (C=O) groups excluding carboxylic acids is 1. The van der Waals surface area contributed by atoms with Crippen molar-refractivity contribution < 1.29 is 4.79 Å². The van der Waals surface area contributed by atoms with Crippen LogP contribution < -0.4 is 5.56 Å². The predicted molar refractivity (Wildman–Crippen MR) is 53.3 cm³/mol. The highest BCUT2D eigenvalue weighted by Gasteiger charge is 2.20. The van der Waals surface area contributed by atoms with Gasteiger partial charge >= 0.3 is 0 Å². The zero-order chi connectivity index (χ0) is 9.97. The van der Waals surface area contributed by atoms with Gasteiger partial charge in [0.25, 0.3) is 0 Å². The van der Waals surface area contributed by atoms with E-state index in [1.54, 1.807) is 12.3 Å². The normalized spacial score (nSPS) is 22.3. The monoisotopic (exact) mass is 191 g/mol. The molecular weight excluding hydrogens is 178 g/mol. The second-order valence-electron chi connectivity index (χ2n) is 3.82. The van der Waals surface area contributed by atoms with E-state index in [9.17, 15) is 9.59 Å². The van der Waals surface area contributed by atoms with Gasteiger partial charge in [0, 0.05) is 25.1 Å². The number of carbonyl (C=O) groups is 1. The van der Waals surface area contributed by atoms with Gasteiger partial charge in [-0.2, -0.15) is 0 Å². The van der Waals surface area contributed by atoms with E-state index < -0.39 is 0 Å². The molecule has 14 heavy (non-hydrogen) atoms. The molecular formula is C11H13NO2. The summed E-state index contributed by atoms with van der Waals surface area (Å²) in [6, 6.07) is 3.49. The zero-order valence-corrected chi connectivity index (χ0v) is 7.95. The SMILES string of the molecule is O=C1CCCC(c2cc[nH]c(=O)c2)C1. The molecule has 1 aromatic rings. The molecule has 1 aromatic heterocycles. The number of hydrogen-bond donors (Lipinski definition) is 1. The molecule has 74 valence electrons. The molecule has 0 saturated heterocycles. The number of hydrogen-bond acceptors (Lipinski definition) is 2. The Morgan fingerprint density at radius 3 is 2.93 bits per heavy atom. The Kier molecular flexibility index (Phi) is 2.48. The minimum Gasteiger partial charge on any atom is -0.329 e. The average molecular weight is 191 g/mol. The summed E-state index contributed by atoms with van der Waals surface area (Å²) in [5, 5.41) is 0. The van der Waals surface area contributed by atoms with Crippen molar-refractivity contribution in [3.8, 4) is 0 Å². The van der Waals surface area contributed by atoms with Crippen LogP contribution in [0.15, 0.2) is 23.1 Å². The zero-order valence-electron chi connectivity index (χ0n) is 7.95. The molecule has 0 aliphatic heterocycles. The first kappa shape index (κ1) is 9.19. The Labute approximate surface area is 82.2 Å². The van der Waals surface area contributed by atoms with E-state index in [1.165, 1.54) is 0 Å². The van der Waals surface area contributed by atoms with Gasteiger partial charge in [-0.1, -0.05) is 0 Å². The highest BCUT2D eigenvalue weighted by Crippen LogP contribution is 2.29. The van der Waals surface area contributed by atoms with E-state index >= 15 is 0 Å². The number of aromatic amines is 1. The molecule has 3 nitrogen and oxygen atoms in total. The molecule has 1 aliphatic rings. The number of ketones is 1. The maximum atomic E-state index is 11.2. The van der Waals surface area contributed by atoms with E-state index in [1.807, 2.05) is 6.07 Å². The standard InChI is InChI=1S/C11H13NO2/c13-10-3-1-2-8(6-10)9-4-5-12-11(14)7-9/h4-5,7-8H,1-3,6H2,(H,12,14). The summed E-state index contributed by atoms with van der Waals surface area (Å²) in [5.41, 5.74) is 0.919. The minimum atomic E-state index is -0.0828. The van der Waals surface area contributed by atoms with Crippen LogP contribution in [0.5, 0.6) is 0 Å². The molecule has 0 bridgehead atoms. The predicted octanol–water partition coefficient (Wildman–Crippen LogP) is 1.60. The molecule has 0 aromatic carbocycles. The summed E-state index contributed by atoms with van der Waals surface area (Å²) in [5.74, 6) is 0.583. The maximum Gasteiger partial charge on any atom is 0.248 e. The third-order valence-electron chi connectivity index (χ3n) is 2.75. The Morgan fingerprint density at radius 1 is 1.36 bits per heavy atom. The largest absolute Gasteiger partial charge is 0.329 e. The van der Waals surface area contributed by atoms with Gasteiger partial charge in [-0.05, 0) is 30.4 Å². The van der Waals surface area contributed by atoms with Crippen LogP contribution in [0, 0.1) is 0 Å². The molecule has 1 saturated carbocycles. The topological polar surface area (TPSA) is 49.9 Å². The van der Waals surface area contributed by atoms with Crippen LogP contribution in [0.4, 0.5) is 0 Å². The Morgan fingerprint density at radius 2 is 2.21 bits per heavy atom. The highest BCUT2D eigenvalue weighted by atomic mass is 16.1. The summed E-state index contributed by atoms with van der Waals surface area (Å²) in [6.07, 6.45) is 4.94. The van der Waals surface area contributed by atoms with Crippen LogP contribution in [0.2, 0.25) is 0 Å². The van der Waals surface area contributed by atoms with Gasteiger partial charge in [0.05, 0.1) is 0 Å². The molecule has 1 heterocycles. The number of aromatic nitrogens is 1. The molecule has 0 amide bonds. The van der Waals surface area contributed by atoms with Crippen LogP contribution in [-0.2, 0) is 4.79 Å². The maximum absolute atomic E-state index is 11.2. The summed E-state index contributed by atoms with van der Waals surface area (Å²) in [7, 11) is 0. The summed E-state index contributed by atoms with van der Waals surface area (Å²) < 4.78 is 0. The van der Waals surface area contributed by atoms with Gasteiger partial charge in [-0.15, -0.1) is 0 Å². The molecule has 1 atom stereocenters. The van der Waals surface area contributed by atoms with E-state index in [-0.39, 0.29) is 11.5 Å². The molecule has 1 aliphatic carbocycles. The smallest absolute Gasteiger partial charge is 0.248 e. The van der Waals surface area contributed by atoms with Gasteiger partial charge in [-0.3, -0.25) is 9.59 Å². The molecule has 3 heteroatoms. The van der Waals surface area contributed by atoms with E-state index in [2.05, 4.69) is 4.98 Å². The van der Waals surface area contributed by atoms with Crippen molar-refractivity contribution in [2.45, 2.75) is 31.6 Å². The fraction of sp³-hybridized carbons (Fsp3) is 0.455. The lowest BCUT2D eigenvalue weighted by Gasteiger charge is -2.20. The van der Waals surface area contributed by atoms with E-state index in [4.69, 9.17) is 0 Å². The molecule has 0 spiro atoms. The van der Waals surface area contributed by atoms with Crippen molar-refractivity contribution >= 4 is 5.78 Å². The fourth-order valence-electron chi connectivity index (χ4n) is 2.02. The lowest BCUT2D eigenvalue weighted by atomic mass is 9.84. The van der Waals surface area contributed by atoms with Crippen LogP contribution in [0.3, 0.4) is 0 Å². The quantitative estimate of drug-likeness (QED) is 0.733. The number of H-pyrrole nitrogens is 1. The molecule has 1 fully saturated rings. The van der Waals surface area contributed by atoms with Gasteiger partial charge in [0.2, 0.25) is 5.56 Å². The first-order valence-corrected chi connectivity index (χ1v) is 4.96. The summed E-state index contributed by atoms with van der Waals surface area (Å²) in [4.78, 5) is 24.9. The van der Waals surface area contributed by atoms with Gasteiger partial charge in [0.15, 0.2) is 0 Å². The van der Waals surface area contributed by atoms with E-state index in [0.717, 1.165) is 18.4 Å². The van der Waals surface area contributed by atoms with Crippen LogP contribution in [-0.4, -0.2) is 10.8 Å². The van der Waals surface area contributed by atoms with Crippen LogP contribution in [0.25, 0.3) is 0 Å². The average Bonchev–Trinajstić information content (AvgIpc) is 2.18. The summed E-state index contributed by atoms with van der Waals surface area (Å²) in [6.45, 7) is 0. The third-order valence-corrected chi connectivity index (χ3v) is 2.75. The molecule has 1 N–H and O–H groups in total. The molecule has 0 radical (unpaired) electrons. The number of Topliss-reactive ketones (excluding diaryl/α,β-unsaturated/α-hetero) is 1. The third kappa shape index (κ3) is 1.92. The highest BCUT2D eigenvalue weighted by molar-refractivity contribution is 5.80. The second-order valence-corrected chi connectivity index (χ2v) is 3.82. The fourth-order valence-corrected chi connectivity index (χ4v) is 2.02. The van der Waals surface area contributed by atoms with Crippen molar-refractivity contribution in [2.24, 2.45) is 0 Å². The number of rotatable bonds is 1. The summed E-state index contributed by atoms with van der Waals surface area (Å²) >= 11 is 0. The van der Waals surface area contributed by atoms with Crippen LogP contribution >= 0.6 is 0 Å². The lowest BCUT2D eigenvalue weighted by Crippen LogP contribution is -2.15. The van der Waals surface area contributed by atoms with Crippen molar-refractivity contribution in [3.05, 3.63) is 34.2 Å². The van der Waals surface area contributed by atoms with Crippen molar-refractivity contribution in [2.75, 3.05) is 0 Å². The molecule has 2 rings (SSSR count). The second kappa shape index (κ2) is 3.78. The van der Waals surface area contributed by atoms with Gasteiger partial charge < -0.3 is 4.98 Å². The minimum absolute atomic E-state index is 0.0828. The van der Waals surface area contributed by atoms with Gasteiger partial charge in [0.1, 0.15) is 5.78 Å². The Balaban J connectivity index is 2.22. The van der Waals surface area contributed by atoms with Crippen molar-refractivity contribution in [1.82, 2.24) is 4.98 Å². The first-order valence-electron chi connectivity index (χ1n) is 4.96. The first-order chi connectivity index (χ1) is 6.75. The molecule has 1 unspecified atom stereocenters. The van der Waals surface area contributed by atoms with Crippen LogP contribution in [0.1, 0.15) is 37.2 Å². The Bertz CT molecular complexity index is 394. The van der Waals surface area contributed by atoms with Crippen molar-refractivity contribution in [1.29, 1.82) is 0 Å². The number of pyridine rings is 1. The lowest BCUT2D eigenvalue weighted by molar-refractivity contribution is -0.120. The Hall–Kier alpha value is -1.38. The van der Waals surface area contributed by atoms with Crippen molar-refractivity contribution in [3.63, 3.8) is 0 Å². The number of nitrogens with one attached hydrogen (secondary N) is 1. The van der Waals surface area contributed by atoms with E-state index in [0.29, 0.717) is 18.6 Å².